The number of fused-ring (bicyclic) bond motifs is 1. The molecule has 0 aliphatic carbocycles. The second-order valence-corrected chi connectivity index (χ2v) is 9.07. The first-order valence-electron chi connectivity index (χ1n) is 10.9. The number of amides is 1. The van der Waals surface area contributed by atoms with Gasteiger partial charge >= 0.3 is 0 Å². The first-order chi connectivity index (χ1) is 16.8. The number of carbonyl (C=O) groups is 1. The quantitative estimate of drug-likeness (QED) is 0.245. The van der Waals surface area contributed by atoms with E-state index in [1.165, 1.54) is 6.08 Å². The molecule has 2 aromatic heterocycles. The zero-order chi connectivity index (χ0) is 24.5. The standard InChI is InChI=1S/C28H20Cl2N2O3/c1-16-11-17(2)13-18(12-16)28-32-24-15-20(4-8-26(24)35-28)31-27(33)10-6-21-5-9-25(34-21)22-7-3-19(29)14-23(22)30/h3-15H,1-2H3,(H,31,33)/b10-6+. The Morgan fingerprint density at radius 2 is 1.71 bits per heavy atom. The lowest BCUT2D eigenvalue weighted by Crippen LogP contribution is -2.07. The van der Waals surface area contributed by atoms with E-state index in [1.807, 2.05) is 26.0 Å². The highest BCUT2D eigenvalue weighted by Gasteiger charge is 2.11. The topological polar surface area (TPSA) is 68.3 Å². The van der Waals surface area contributed by atoms with Gasteiger partial charge in [0.25, 0.3) is 0 Å². The maximum atomic E-state index is 12.5. The van der Waals surface area contributed by atoms with Gasteiger partial charge in [0, 0.05) is 27.9 Å². The number of rotatable bonds is 5. The molecule has 7 heteroatoms. The number of carbonyl (C=O) groups excluding carboxylic acids is 1. The van der Waals surface area contributed by atoms with Crippen LogP contribution >= 0.6 is 23.2 Å². The summed E-state index contributed by atoms with van der Waals surface area (Å²) in [6.45, 7) is 4.08. The SMILES string of the molecule is Cc1cc(C)cc(-c2nc3cc(NC(=O)/C=C/c4ccc(-c5ccc(Cl)cc5Cl)o4)ccc3o2)c1. The summed E-state index contributed by atoms with van der Waals surface area (Å²) in [7, 11) is 0. The minimum atomic E-state index is -0.301. The fourth-order valence-corrected chi connectivity index (χ4v) is 4.35. The van der Waals surface area contributed by atoms with Gasteiger partial charge in [0.15, 0.2) is 5.58 Å². The van der Waals surface area contributed by atoms with Gasteiger partial charge in [0.05, 0.1) is 5.02 Å². The Balaban J connectivity index is 1.29. The molecule has 0 saturated heterocycles. The zero-order valence-electron chi connectivity index (χ0n) is 18.9. The van der Waals surface area contributed by atoms with Crippen LogP contribution < -0.4 is 5.32 Å². The van der Waals surface area contributed by atoms with Gasteiger partial charge in [0.1, 0.15) is 17.0 Å². The Morgan fingerprint density at radius 1 is 0.914 bits per heavy atom. The summed E-state index contributed by atoms with van der Waals surface area (Å²) in [5, 5.41) is 3.88. The van der Waals surface area contributed by atoms with E-state index >= 15 is 0 Å². The molecule has 0 fully saturated rings. The van der Waals surface area contributed by atoms with Crippen LogP contribution in [-0.2, 0) is 4.79 Å². The Labute approximate surface area is 212 Å². The van der Waals surface area contributed by atoms with Crippen molar-refractivity contribution in [3.63, 3.8) is 0 Å². The smallest absolute Gasteiger partial charge is 0.248 e. The molecule has 0 radical (unpaired) electrons. The summed E-state index contributed by atoms with van der Waals surface area (Å²) in [6, 6.07) is 20.3. The molecule has 5 aromatic rings. The molecular formula is C28H20Cl2N2O3. The molecule has 1 amide bonds. The van der Waals surface area contributed by atoms with E-state index in [0.717, 1.165) is 22.3 Å². The lowest BCUT2D eigenvalue weighted by molar-refractivity contribution is -0.111. The van der Waals surface area contributed by atoms with Gasteiger partial charge in [-0.3, -0.25) is 4.79 Å². The second kappa shape index (κ2) is 9.45. The van der Waals surface area contributed by atoms with Gasteiger partial charge in [-0.1, -0.05) is 40.4 Å². The molecule has 0 aliphatic heterocycles. The van der Waals surface area contributed by atoms with Crippen LogP contribution in [0.1, 0.15) is 16.9 Å². The predicted molar refractivity (Wildman–Crippen MR) is 141 cm³/mol. The van der Waals surface area contributed by atoms with Crippen molar-refractivity contribution >= 4 is 52.0 Å². The van der Waals surface area contributed by atoms with E-state index < -0.39 is 0 Å². The molecule has 3 aromatic carbocycles. The van der Waals surface area contributed by atoms with Crippen molar-refractivity contribution < 1.29 is 13.6 Å². The second-order valence-electron chi connectivity index (χ2n) is 8.23. The number of oxazole rings is 1. The van der Waals surface area contributed by atoms with E-state index in [9.17, 15) is 4.79 Å². The monoisotopic (exact) mass is 502 g/mol. The maximum Gasteiger partial charge on any atom is 0.248 e. The molecule has 0 bridgehead atoms. The van der Waals surface area contributed by atoms with Gasteiger partial charge in [-0.2, -0.15) is 0 Å². The third-order valence-corrected chi connectivity index (χ3v) is 5.89. The van der Waals surface area contributed by atoms with Crippen molar-refractivity contribution in [1.29, 1.82) is 0 Å². The minimum absolute atomic E-state index is 0.301. The van der Waals surface area contributed by atoms with Crippen LogP contribution in [0.5, 0.6) is 0 Å². The Bertz CT molecular complexity index is 1580. The summed E-state index contributed by atoms with van der Waals surface area (Å²) in [4.78, 5) is 17.1. The number of aromatic nitrogens is 1. The van der Waals surface area contributed by atoms with Crippen LogP contribution in [0.2, 0.25) is 10.0 Å². The number of nitrogens with zero attached hydrogens (tertiary/aromatic N) is 1. The first kappa shape index (κ1) is 23.0. The summed E-state index contributed by atoms with van der Waals surface area (Å²) in [5.41, 5.74) is 5.85. The van der Waals surface area contributed by atoms with Crippen molar-refractivity contribution in [1.82, 2.24) is 4.98 Å². The number of anilines is 1. The van der Waals surface area contributed by atoms with E-state index in [-0.39, 0.29) is 5.91 Å². The normalized spacial score (nSPS) is 11.4. The summed E-state index contributed by atoms with van der Waals surface area (Å²) in [5.74, 6) is 1.35. The van der Waals surface area contributed by atoms with E-state index in [4.69, 9.17) is 32.0 Å². The average Bonchev–Trinajstić information content (AvgIpc) is 3.44. The molecule has 174 valence electrons. The molecule has 0 atom stereocenters. The number of furan rings is 1. The van der Waals surface area contributed by atoms with Gasteiger partial charge in [-0.25, -0.2) is 4.98 Å². The van der Waals surface area contributed by atoms with Crippen molar-refractivity contribution in [2.75, 3.05) is 5.32 Å². The van der Waals surface area contributed by atoms with Crippen LogP contribution in [0.4, 0.5) is 5.69 Å². The number of aryl methyl sites for hydroxylation is 2. The van der Waals surface area contributed by atoms with Crippen molar-refractivity contribution in [3.05, 3.63) is 99.7 Å². The highest BCUT2D eigenvalue weighted by Crippen LogP contribution is 2.32. The molecule has 2 heterocycles. The van der Waals surface area contributed by atoms with Crippen LogP contribution in [0.25, 0.3) is 40.0 Å². The molecule has 35 heavy (non-hydrogen) atoms. The number of hydrogen-bond donors (Lipinski definition) is 1. The van der Waals surface area contributed by atoms with Gasteiger partial charge in [-0.05, 0) is 80.6 Å². The minimum Gasteiger partial charge on any atom is -0.457 e. The van der Waals surface area contributed by atoms with Crippen molar-refractivity contribution in [2.24, 2.45) is 0 Å². The van der Waals surface area contributed by atoms with Crippen LogP contribution in [-0.4, -0.2) is 10.9 Å². The van der Waals surface area contributed by atoms with E-state index in [1.54, 1.807) is 54.6 Å². The molecular weight excluding hydrogens is 483 g/mol. The predicted octanol–water partition coefficient (Wildman–Crippen LogP) is 8.33. The molecule has 0 saturated carbocycles. The zero-order valence-corrected chi connectivity index (χ0v) is 20.4. The first-order valence-corrected chi connectivity index (χ1v) is 11.6. The Kier molecular flexibility index (Phi) is 6.20. The molecule has 0 unspecified atom stereocenters. The van der Waals surface area contributed by atoms with Gasteiger partial charge in [0.2, 0.25) is 11.8 Å². The van der Waals surface area contributed by atoms with E-state index in [0.29, 0.717) is 44.2 Å². The largest absolute Gasteiger partial charge is 0.457 e. The van der Waals surface area contributed by atoms with Gasteiger partial charge in [-0.15, -0.1) is 0 Å². The highest BCUT2D eigenvalue weighted by atomic mass is 35.5. The average molecular weight is 503 g/mol. The molecule has 1 N–H and O–H groups in total. The van der Waals surface area contributed by atoms with Crippen LogP contribution in [0.15, 0.2) is 81.6 Å². The molecule has 5 nitrogen and oxygen atoms in total. The summed E-state index contributed by atoms with van der Waals surface area (Å²) < 4.78 is 11.7. The molecule has 0 aliphatic rings. The number of benzene rings is 3. The Hall–Kier alpha value is -3.80. The summed E-state index contributed by atoms with van der Waals surface area (Å²) in [6.07, 6.45) is 3.00. The van der Waals surface area contributed by atoms with E-state index in [2.05, 4.69) is 16.4 Å². The molecule has 5 rings (SSSR count). The fraction of sp³-hybridized carbons (Fsp3) is 0.0714. The van der Waals surface area contributed by atoms with Crippen LogP contribution in [0, 0.1) is 13.8 Å². The number of hydrogen-bond acceptors (Lipinski definition) is 4. The maximum absolute atomic E-state index is 12.5. The van der Waals surface area contributed by atoms with Crippen molar-refractivity contribution in [2.45, 2.75) is 13.8 Å². The number of nitrogens with one attached hydrogen (secondary N) is 1. The fourth-order valence-electron chi connectivity index (χ4n) is 3.85. The summed E-state index contributed by atoms with van der Waals surface area (Å²) >= 11 is 12.2. The lowest BCUT2D eigenvalue weighted by atomic mass is 10.1. The Morgan fingerprint density at radius 3 is 2.49 bits per heavy atom. The third kappa shape index (κ3) is 5.16. The lowest BCUT2D eigenvalue weighted by Gasteiger charge is -2.01. The highest BCUT2D eigenvalue weighted by molar-refractivity contribution is 6.36. The molecule has 0 spiro atoms. The third-order valence-electron chi connectivity index (χ3n) is 5.35. The number of halogens is 2. The van der Waals surface area contributed by atoms with Gasteiger partial charge < -0.3 is 14.2 Å². The van der Waals surface area contributed by atoms with Crippen molar-refractivity contribution in [3.8, 4) is 22.8 Å². The van der Waals surface area contributed by atoms with Crippen LogP contribution in [0.3, 0.4) is 0 Å².